The number of carbonyl (C=O) groups excluding carboxylic acids is 1. The Morgan fingerprint density at radius 3 is 2.68 bits per heavy atom. The number of hydrogen-bond acceptors (Lipinski definition) is 2. The number of rotatable bonds is 1. The fraction of sp³-hybridized carbons (Fsp3) is 0.318. The van der Waals surface area contributed by atoms with Crippen LogP contribution in [0.2, 0.25) is 0 Å². The highest BCUT2D eigenvalue weighted by molar-refractivity contribution is 6.00. The Morgan fingerprint density at radius 2 is 1.96 bits per heavy atom. The lowest BCUT2D eigenvalue weighted by atomic mass is 9.58. The Balaban J connectivity index is 1.91. The summed E-state index contributed by atoms with van der Waals surface area (Å²) in [7, 11) is 0. The van der Waals surface area contributed by atoms with E-state index in [4.69, 9.17) is 11.6 Å². The zero-order valence-electron chi connectivity index (χ0n) is 14.5. The molecule has 0 spiro atoms. The third-order valence-corrected chi connectivity index (χ3v) is 5.88. The zero-order chi connectivity index (χ0) is 17.6. The van der Waals surface area contributed by atoms with E-state index in [1.54, 1.807) is 0 Å². The number of carbonyl (C=O) groups is 1. The summed E-state index contributed by atoms with van der Waals surface area (Å²) in [5, 5.41) is 0. The Kier molecular flexibility index (Phi) is 3.58. The van der Waals surface area contributed by atoms with Gasteiger partial charge in [0, 0.05) is 16.9 Å². The fourth-order valence-corrected chi connectivity index (χ4v) is 4.52. The second kappa shape index (κ2) is 5.67. The average Bonchev–Trinajstić information content (AvgIpc) is 2.65. The van der Waals surface area contributed by atoms with Gasteiger partial charge in [-0.25, -0.2) is 4.85 Å². The van der Waals surface area contributed by atoms with Crippen molar-refractivity contribution in [1.82, 2.24) is 4.98 Å². The van der Waals surface area contributed by atoms with Gasteiger partial charge in [0.1, 0.15) is 0 Å². The first-order valence-corrected chi connectivity index (χ1v) is 8.75. The van der Waals surface area contributed by atoms with E-state index in [1.807, 2.05) is 31.2 Å². The van der Waals surface area contributed by atoms with Crippen LogP contribution in [0.4, 0.5) is 0 Å². The quantitative estimate of drug-likeness (QED) is 0.718. The number of nitrogens with zero attached hydrogens (tertiary/aromatic N) is 2. The maximum absolute atomic E-state index is 12.5. The van der Waals surface area contributed by atoms with Crippen LogP contribution < -0.4 is 0 Å². The standard InChI is InChI=1S/C22H20N2O/c1-14-17-11-9-16-10-12-18(15-7-5-4-6-8-15)24-21(16)22(17,2)13-19(23-3)20(14)25/h4-8,10,12-14,17H,9,11H2,1-2H3/t14-,17-,22-/m0/s1. The summed E-state index contributed by atoms with van der Waals surface area (Å²) in [5.74, 6) is 0.0612. The molecule has 2 aliphatic rings. The molecule has 4 rings (SSSR count). The molecule has 0 saturated carbocycles. The lowest BCUT2D eigenvalue weighted by Crippen LogP contribution is -2.45. The molecule has 0 aliphatic heterocycles. The number of pyridine rings is 1. The number of Topliss-reactive ketones (excluding diaryl/α,β-unsaturated/α-hetero) is 1. The highest BCUT2D eigenvalue weighted by Gasteiger charge is 2.48. The van der Waals surface area contributed by atoms with Crippen molar-refractivity contribution in [3.63, 3.8) is 0 Å². The van der Waals surface area contributed by atoms with E-state index in [-0.39, 0.29) is 28.7 Å². The van der Waals surface area contributed by atoms with Gasteiger partial charge in [0.05, 0.1) is 18.0 Å². The number of aryl methyl sites for hydroxylation is 1. The van der Waals surface area contributed by atoms with E-state index in [1.165, 1.54) is 5.56 Å². The number of benzene rings is 1. The Bertz CT molecular complexity index is 923. The fourth-order valence-electron chi connectivity index (χ4n) is 4.52. The molecule has 2 aromatic rings. The smallest absolute Gasteiger partial charge is 0.226 e. The molecule has 1 heterocycles. The van der Waals surface area contributed by atoms with Crippen LogP contribution in [0, 0.1) is 18.4 Å². The summed E-state index contributed by atoms with van der Waals surface area (Å²) in [6, 6.07) is 14.4. The van der Waals surface area contributed by atoms with E-state index >= 15 is 0 Å². The van der Waals surface area contributed by atoms with Crippen molar-refractivity contribution in [2.45, 2.75) is 32.1 Å². The largest absolute Gasteiger partial charge is 0.308 e. The number of aromatic nitrogens is 1. The summed E-state index contributed by atoms with van der Waals surface area (Å²) < 4.78 is 0. The van der Waals surface area contributed by atoms with Gasteiger partial charge in [-0.1, -0.05) is 56.3 Å². The molecule has 0 saturated heterocycles. The Morgan fingerprint density at radius 1 is 1.20 bits per heavy atom. The van der Waals surface area contributed by atoms with Crippen LogP contribution in [0.1, 0.15) is 31.5 Å². The molecule has 0 fully saturated rings. The first kappa shape index (κ1) is 15.8. The first-order chi connectivity index (χ1) is 12.0. The van der Waals surface area contributed by atoms with Gasteiger partial charge < -0.3 is 4.79 Å². The molecule has 0 N–H and O–H groups in total. The van der Waals surface area contributed by atoms with Crippen LogP contribution in [-0.2, 0) is 16.6 Å². The topological polar surface area (TPSA) is 34.3 Å². The maximum atomic E-state index is 12.5. The molecule has 1 aromatic heterocycles. The molecule has 2 aliphatic carbocycles. The highest BCUT2D eigenvalue weighted by Crippen LogP contribution is 2.49. The number of fused-ring (bicyclic) bond motifs is 3. The molecular weight excluding hydrogens is 308 g/mol. The molecule has 1 aromatic carbocycles. The zero-order valence-corrected chi connectivity index (χ0v) is 14.5. The third-order valence-electron chi connectivity index (χ3n) is 5.88. The summed E-state index contributed by atoms with van der Waals surface area (Å²) in [6.45, 7) is 11.5. The van der Waals surface area contributed by atoms with Crippen LogP contribution in [0.15, 0.2) is 54.2 Å². The minimum absolute atomic E-state index is 0.0138. The summed E-state index contributed by atoms with van der Waals surface area (Å²) in [4.78, 5) is 21.0. The molecule has 124 valence electrons. The van der Waals surface area contributed by atoms with Gasteiger partial charge in [0.2, 0.25) is 5.70 Å². The van der Waals surface area contributed by atoms with Gasteiger partial charge in [-0.3, -0.25) is 4.98 Å². The monoisotopic (exact) mass is 328 g/mol. The predicted molar refractivity (Wildman–Crippen MR) is 97.7 cm³/mol. The lowest BCUT2D eigenvalue weighted by molar-refractivity contribution is -0.121. The molecular formula is C22H20N2O. The van der Waals surface area contributed by atoms with Crippen molar-refractivity contribution < 1.29 is 4.79 Å². The molecule has 3 nitrogen and oxygen atoms in total. The molecule has 0 radical (unpaired) electrons. The predicted octanol–water partition coefficient (Wildman–Crippen LogP) is 4.59. The minimum atomic E-state index is -0.356. The van der Waals surface area contributed by atoms with Crippen LogP contribution in [0.5, 0.6) is 0 Å². The maximum Gasteiger partial charge on any atom is 0.226 e. The van der Waals surface area contributed by atoms with Gasteiger partial charge in [-0.05, 0) is 30.4 Å². The van der Waals surface area contributed by atoms with Crippen LogP contribution in [-0.4, -0.2) is 10.8 Å². The van der Waals surface area contributed by atoms with Crippen LogP contribution >= 0.6 is 0 Å². The van der Waals surface area contributed by atoms with Gasteiger partial charge in [0.25, 0.3) is 0 Å². The van der Waals surface area contributed by atoms with Crippen LogP contribution in [0.3, 0.4) is 0 Å². The van der Waals surface area contributed by atoms with Gasteiger partial charge >= 0.3 is 0 Å². The first-order valence-electron chi connectivity index (χ1n) is 8.75. The van der Waals surface area contributed by atoms with Crippen molar-refractivity contribution in [3.8, 4) is 11.3 Å². The van der Waals surface area contributed by atoms with E-state index in [0.29, 0.717) is 0 Å². The molecule has 0 amide bonds. The molecule has 0 bridgehead atoms. The molecule has 3 heteroatoms. The second-order valence-electron chi connectivity index (χ2n) is 7.29. The van der Waals surface area contributed by atoms with Crippen molar-refractivity contribution in [3.05, 3.63) is 76.9 Å². The summed E-state index contributed by atoms with van der Waals surface area (Å²) >= 11 is 0. The van der Waals surface area contributed by atoms with Crippen molar-refractivity contribution in [2.75, 3.05) is 0 Å². The minimum Gasteiger partial charge on any atom is -0.308 e. The van der Waals surface area contributed by atoms with E-state index in [9.17, 15) is 4.79 Å². The van der Waals surface area contributed by atoms with Crippen molar-refractivity contribution in [1.29, 1.82) is 0 Å². The average molecular weight is 328 g/mol. The van der Waals surface area contributed by atoms with Gasteiger partial charge in [-0.15, -0.1) is 0 Å². The van der Waals surface area contributed by atoms with E-state index in [0.717, 1.165) is 29.8 Å². The highest BCUT2D eigenvalue weighted by atomic mass is 16.1. The van der Waals surface area contributed by atoms with Gasteiger partial charge in [-0.2, -0.15) is 0 Å². The normalized spacial score (nSPS) is 27.7. The number of allylic oxidation sites excluding steroid dienone is 2. The number of hydrogen-bond donors (Lipinski definition) is 0. The van der Waals surface area contributed by atoms with Crippen LogP contribution in [0.25, 0.3) is 16.1 Å². The SMILES string of the molecule is [C-]#[N+]C1=C[C@]2(C)c3nc(-c4ccccc4)ccc3CC[C@H]2[C@H](C)C1=O. The third kappa shape index (κ3) is 2.33. The van der Waals surface area contributed by atoms with Crippen molar-refractivity contribution >= 4 is 5.78 Å². The molecule has 0 unspecified atom stereocenters. The molecule has 3 atom stereocenters. The number of ketones is 1. The van der Waals surface area contributed by atoms with Gasteiger partial charge in [0.15, 0.2) is 5.78 Å². The Labute approximate surface area is 148 Å². The second-order valence-corrected chi connectivity index (χ2v) is 7.29. The van der Waals surface area contributed by atoms with E-state index in [2.05, 4.69) is 36.0 Å². The Hall–Kier alpha value is -2.73. The van der Waals surface area contributed by atoms with Crippen molar-refractivity contribution in [2.24, 2.45) is 11.8 Å². The van der Waals surface area contributed by atoms with E-state index < -0.39 is 0 Å². The summed E-state index contributed by atoms with van der Waals surface area (Å²) in [5.41, 5.74) is 4.22. The lowest BCUT2D eigenvalue weighted by Gasteiger charge is -2.45. The molecule has 25 heavy (non-hydrogen) atoms. The summed E-state index contributed by atoms with van der Waals surface area (Å²) in [6.07, 6.45) is 3.79.